The van der Waals surface area contributed by atoms with E-state index in [1.807, 2.05) is 71.4 Å². The average Bonchev–Trinajstić information content (AvgIpc) is 3.32. The molecule has 4 aromatic rings. The number of carbonyl (C=O) groups is 1. The smallest absolute Gasteiger partial charge is 0.222 e. The summed E-state index contributed by atoms with van der Waals surface area (Å²) in [6.45, 7) is 2.17. The van der Waals surface area contributed by atoms with Crippen molar-refractivity contribution in [2.24, 2.45) is 0 Å². The molecule has 0 aliphatic heterocycles. The van der Waals surface area contributed by atoms with Crippen LogP contribution in [-0.2, 0) is 17.8 Å². The van der Waals surface area contributed by atoms with E-state index in [0.717, 1.165) is 34.7 Å². The molecule has 0 saturated heterocycles. The van der Waals surface area contributed by atoms with Crippen LogP contribution < -0.4 is 10.1 Å². The number of pyridine rings is 1. The molecule has 1 atom stereocenters. The van der Waals surface area contributed by atoms with Crippen molar-refractivity contribution in [2.75, 3.05) is 5.32 Å². The second-order valence-corrected chi connectivity index (χ2v) is 8.21. The van der Waals surface area contributed by atoms with Crippen LogP contribution in [0.25, 0.3) is 11.1 Å². The summed E-state index contributed by atoms with van der Waals surface area (Å²) in [5.41, 5.74) is 3.03. The fraction of sp³-hybridized carbons (Fsp3) is 0.192. The van der Waals surface area contributed by atoms with Crippen LogP contribution in [0, 0.1) is 0 Å². The van der Waals surface area contributed by atoms with Crippen molar-refractivity contribution in [3.8, 4) is 16.9 Å². The number of nitrogens with zero attached hydrogens (tertiary/aromatic N) is 3. The predicted octanol–water partition coefficient (Wildman–Crippen LogP) is 5.64. The zero-order chi connectivity index (χ0) is 23.0. The number of aromatic nitrogens is 3. The number of ether oxygens (including phenoxy) is 1. The fourth-order valence-electron chi connectivity index (χ4n) is 3.61. The maximum atomic E-state index is 11.5. The Morgan fingerprint density at radius 2 is 1.88 bits per heavy atom. The van der Waals surface area contributed by atoms with Gasteiger partial charge >= 0.3 is 0 Å². The number of imidazole rings is 1. The summed E-state index contributed by atoms with van der Waals surface area (Å²) in [6.07, 6.45) is 8.86. The molecule has 0 aliphatic rings. The van der Waals surface area contributed by atoms with Gasteiger partial charge in [0.15, 0.2) is 0 Å². The van der Waals surface area contributed by atoms with Crippen molar-refractivity contribution in [1.29, 1.82) is 0 Å². The highest BCUT2D eigenvalue weighted by atomic mass is 35.5. The summed E-state index contributed by atoms with van der Waals surface area (Å²) in [6, 6.07) is 19.6. The van der Waals surface area contributed by atoms with Crippen LogP contribution in [0.4, 0.5) is 5.82 Å². The van der Waals surface area contributed by atoms with Crippen LogP contribution in [0.3, 0.4) is 0 Å². The number of hydrogen-bond donors (Lipinski definition) is 1. The van der Waals surface area contributed by atoms with E-state index in [-0.39, 0.29) is 12.0 Å². The lowest BCUT2D eigenvalue weighted by Gasteiger charge is -2.20. The van der Waals surface area contributed by atoms with Crippen LogP contribution in [-0.4, -0.2) is 26.5 Å². The summed E-state index contributed by atoms with van der Waals surface area (Å²) < 4.78 is 8.38. The number of carbonyl (C=O) groups excluding carboxylic acids is 1. The molecule has 0 bridgehead atoms. The third kappa shape index (κ3) is 6.43. The maximum Gasteiger partial charge on any atom is 0.222 e. The quantitative estimate of drug-likeness (QED) is 0.351. The third-order valence-electron chi connectivity index (χ3n) is 5.21. The van der Waals surface area contributed by atoms with Gasteiger partial charge in [-0.25, -0.2) is 9.97 Å². The van der Waals surface area contributed by atoms with Crippen LogP contribution in [0.5, 0.6) is 5.75 Å². The highest BCUT2D eigenvalue weighted by molar-refractivity contribution is 6.30. The van der Waals surface area contributed by atoms with Gasteiger partial charge in [-0.05, 0) is 60.4 Å². The minimum Gasteiger partial charge on any atom is -0.489 e. The van der Waals surface area contributed by atoms with Crippen molar-refractivity contribution in [3.63, 3.8) is 0 Å². The van der Waals surface area contributed by atoms with Gasteiger partial charge in [-0.15, -0.1) is 0 Å². The number of benzene rings is 2. The summed E-state index contributed by atoms with van der Waals surface area (Å²) in [5.74, 6) is 1.17. The molecular weight excluding hydrogens is 436 g/mol. The Balaban J connectivity index is 1.47. The monoisotopic (exact) mass is 460 g/mol. The second-order valence-electron chi connectivity index (χ2n) is 7.77. The molecule has 0 spiro atoms. The first-order chi connectivity index (χ1) is 16.1. The molecule has 0 fully saturated rings. The first-order valence-corrected chi connectivity index (χ1v) is 11.1. The third-order valence-corrected chi connectivity index (χ3v) is 5.46. The molecule has 0 radical (unpaired) electrons. The van der Waals surface area contributed by atoms with Gasteiger partial charge in [0.25, 0.3) is 0 Å². The van der Waals surface area contributed by atoms with Crippen LogP contribution in [0.2, 0.25) is 5.02 Å². The normalized spacial score (nSPS) is 11.7. The molecule has 2 heterocycles. The predicted molar refractivity (Wildman–Crippen MR) is 130 cm³/mol. The molecule has 2 aromatic carbocycles. The molecule has 4 rings (SSSR count). The lowest BCUT2D eigenvalue weighted by atomic mass is 10.1. The SMILES string of the molecule is CC(=O)Nc1ncccc1-c1ccc(OC(CCc2ccc(Cl)cc2)Cn2ccnc2)cc1. The molecule has 0 saturated carbocycles. The van der Waals surface area contributed by atoms with Gasteiger partial charge in [-0.2, -0.15) is 0 Å². The Morgan fingerprint density at radius 1 is 1.09 bits per heavy atom. The fourth-order valence-corrected chi connectivity index (χ4v) is 3.73. The Bertz CT molecular complexity index is 1180. The lowest BCUT2D eigenvalue weighted by Crippen LogP contribution is -2.23. The van der Waals surface area contributed by atoms with E-state index in [0.29, 0.717) is 12.4 Å². The van der Waals surface area contributed by atoms with Gasteiger partial charge in [0.05, 0.1) is 12.9 Å². The number of halogens is 1. The summed E-state index contributed by atoms with van der Waals surface area (Å²) in [7, 11) is 0. The van der Waals surface area contributed by atoms with Crippen molar-refractivity contribution in [3.05, 3.63) is 96.2 Å². The lowest BCUT2D eigenvalue weighted by molar-refractivity contribution is -0.114. The Morgan fingerprint density at radius 3 is 2.58 bits per heavy atom. The minimum absolute atomic E-state index is 0.0333. The van der Waals surface area contributed by atoms with Crippen LogP contribution >= 0.6 is 11.6 Å². The van der Waals surface area contributed by atoms with Crippen LogP contribution in [0.1, 0.15) is 18.9 Å². The van der Waals surface area contributed by atoms with E-state index in [1.54, 1.807) is 18.7 Å². The molecule has 1 N–H and O–H groups in total. The topological polar surface area (TPSA) is 69.0 Å². The maximum absolute atomic E-state index is 11.5. The van der Waals surface area contributed by atoms with Gasteiger partial charge in [0.1, 0.15) is 17.7 Å². The summed E-state index contributed by atoms with van der Waals surface area (Å²) in [5, 5.41) is 3.52. The number of aryl methyl sites for hydroxylation is 1. The number of hydrogen-bond acceptors (Lipinski definition) is 4. The van der Waals surface area contributed by atoms with Gasteiger partial charge in [-0.3, -0.25) is 4.79 Å². The van der Waals surface area contributed by atoms with Gasteiger partial charge in [-0.1, -0.05) is 35.9 Å². The number of nitrogens with one attached hydrogen (secondary N) is 1. The highest BCUT2D eigenvalue weighted by Gasteiger charge is 2.13. The standard InChI is InChI=1S/C26H25ClN4O2/c1-19(32)30-26-25(3-2-14-29-26)21-7-12-23(13-8-21)33-24(17-31-16-15-28-18-31)11-6-20-4-9-22(27)10-5-20/h2-5,7-10,12-16,18,24H,6,11,17H2,1H3,(H,29,30,32). The summed E-state index contributed by atoms with van der Waals surface area (Å²) >= 11 is 6.01. The molecule has 6 nitrogen and oxygen atoms in total. The molecule has 33 heavy (non-hydrogen) atoms. The number of anilines is 1. The molecule has 0 aliphatic carbocycles. The van der Waals surface area contributed by atoms with E-state index in [1.165, 1.54) is 12.5 Å². The van der Waals surface area contributed by atoms with E-state index < -0.39 is 0 Å². The van der Waals surface area contributed by atoms with Gasteiger partial charge in [0.2, 0.25) is 5.91 Å². The highest BCUT2D eigenvalue weighted by Crippen LogP contribution is 2.28. The number of amides is 1. The molecule has 2 aromatic heterocycles. The van der Waals surface area contributed by atoms with Crippen molar-refractivity contribution in [2.45, 2.75) is 32.4 Å². The van der Waals surface area contributed by atoms with E-state index in [2.05, 4.69) is 15.3 Å². The van der Waals surface area contributed by atoms with E-state index >= 15 is 0 Å². The molecular formula is C26H25ClN4O2. The van der Waals surface area contributed by atoms with Crippen molar-refractivity contribution >= 4 is 23.3 Å². The van der Waals surface area contributed by atoms with Gasteiger partial charge < -0.3 is 14.6 Å². The van der Waals surface area contributed by atoms with E-state index in [4.69, 9.17) is 16.3 Å². The second kappa shape index (κ2) is 10.8. The minimum atomic E-state index is -0.155. The number of rotatable bonds is 9. The van der Waals surface area contributed by atoms with Crippen molar-refractivity contribution < 1.29 is 9.53 Å². The molecule has 168 valence electrons. The largest absolute Gasteiger partial charge is 0.489 e. The van der Waals surface area contributed by atoms with Crippen molar-refractivity contribution in [1.82, 2.24) is 14.5 Å². The Hall–Kier alpha value is -3.64. The first kappa shape index (κ1) is 22.6. The van der Waals surface area contributed by atoms with E-state index in [9.17, 15) is 4.79 Å². The Kier molecular flexibility index (Phi) is 7.37. The summed E-state index contributed by atoms with van der Waals surface area (Å²) in [4.78, 5) is 19.9. The zero-order valence-electron chi connectivity index (χ0n) is 18.3. The molecule has 7 heteroatoms. The zero-order valence-corrected chi connectivity index (χ0v) is 19.1. The van der Waals surface area contributed by atoms with Gasteiger partial charge in [0, 0.05) is 36.1 Å². The molecule has 1 unspecified atom stereocenters. The Labute approximate surface area is 198 Å². The first-order valence-electron chi connectivity index (χ1n) is 10.8. The average molecular weight is 461 g/mol. The molecule has 1 amide bonds. The van der Waals surface area contributed by atoms with Crippen LogP contribution in [0.15, 0.2) is 85.6 Å².